The van der Waals surface area contributed by atoms with Gasteiger partial charge in [0, 0.05) is 4.92 Å². The van der Waals surface area contributed by atoms with Crippen LogP contribution >= 0.6 is 0 Å². The van der Waals surface area contributed by atoms with Gasteiger partial charge in [-0.05, 0) is 0 Å². The molecule has 0 atom stereocenters. The summed E-state index contributed by atoms with van der Waals surface area (Å²) < 4.78 is 51.9. The zero-order valence-corrected chi connectivity index (χ0v) is 7.43. The fourth-order valence-electron chi connectivity index (χ4n) is 1.04. The van der Waals surface area contributed by atoms with Crippen LogP contribution in [-0.4, -0.2) is 4.92 Å². The number of nitriles is 1. The molecule has 4 nitrogen and oxygen atoms in total. The van der Waals surface area contributed by atoms with Crippen molar-refractivity contribution in [3.05, 3.63) is 44.5 Å². The molecule has 0 amide bonds. The summed E-state index contributed by atoms with van der Waals surface area (Å²) in [5.41, 5.74) is -2.79. The molecular weight excluding hydrogens is 232 g/mol. The van der Waals surface area contributed by atoms with Gasteiger partial charge in [-0.25, -0.2) is 17.6 Å². The van der Waals surface area contributed by atoms with Crippen molar-refractivity contribution in [2.45, 2.75) is 6.54 Å². The second kappa shape index (κ2) is 4.14. The Labute approximate surface area is 85.9 Å². The molecule has 0 aromatic heterocycles. The van der Waals surface area contributed by atoms with Crippen molar-refractivity contribution in [3.8, 4) is 6.07 Å². The first-order valence-electron chi connectivity index (χ1n) is 3.76. The minimum atomic E-state index is -1.93. The van der Waals surface area contributed by atoms with E-state index in [1.165, 1.54) is 0 Å². The SMILES string of the molecule is N#Cc1c(F)c(F)c(C[N+](=O)[O-])c(F)c1F. The molecule has 0 fully saturated rings. The molecule has 0 heterocycles. The van der Waals surface area contributed by atoms with E-state index in [4.69, 9.17) is 5.26 Å². The van der Waals surface area contributed by atoms with Crippen molar-refractivity contribution >= 4 is 0 Å². The van der Waals surface area contributed by atoms with Crippen LogP contribution in [0.5, 0.6) is 0 Å². The molecule has 0 N–H and O–H groups in total. The maximum Gasteiger partial charge on any atom is 0.234 e. The summed E-state index contributed by atoms with van der Waals surface area (Å²) in [6.07, 6.45) is 0. The topological polar surface area (TPSA) is 66.9 Å². The predicted octanol–water partition coefficient (Wildman–Crippen LogP) is 1.89. The number of hydrogen-bond acceptors (Lipinski definition) is 3. The standard InChI is InChI=1S/C8H2F4N2O2/c9-5-3(1-13)6(10)8(12)4(7(5)11)2-14(15)16/h2H2. The number of nitrogens with zero attached hydrogens (tertiary/aromatic N) is 2. The van der Waals surface area contributed by atoms with Crippen molar-refractivity contribution in [2.75, 3.05) is 0 Å². The number of benzene rings is 1. The minimum Gasteiger partial charge on any atom is -0.264 e. The van der Waals surface area contributed by atoms with E-state index in [-0.39, 0.29) is 0 Å². The molecule has 1 aromatic carbocycles. The Morgan fingerprint density at radius 2 is 1.56 bits per heavy atom. The van der Waals surface area contributed by atoms with Crippen LogP contribution in [0.3, 0.4) is 0 Å². The van der Waals surface area contributed by atoms with Crippen molar-refractivity contribution < 1.29 is 22.5 Å². The molecule has 0 aliphatic heterocycles. The molecule has 0 aliphatic carbocycles. The van der Waals surface area contributed by atoms with E-state index in [1.54, 1.807) is 0 Å². The third-order valence-electron chi connectivity index (χ3n) is 1.75. The van der Waals surface area contributed by atoms with Gasteiger partial charge in [0.2, 0.25) is 6.54 Å². The maximum atomic E-state index is 13.0. The molecule has 1 aromatic rings. The average Bonchev–Trinajstić information content (AvgIpc) is 2.22. The van der Waals surface area contributed by atoms with Crippen LogP contribution in [0.25, 0.3) is 0 Å². The summed E-state index contributed by atoms with van der Waals surface area (Å²) in [5.74, 6) is -7.71. The van der Waals surface area contributed by atoms with Crippen LogP contribution in [0.15, 0.2) is 0 Å². The van der Waals surface area contributed by atoms with Gasteiger partial charge in [0.05, 0.1) is 5.56 Å². The lowest BCUT2D eigenvalue weighted by atomic mass is 10.1. The Hall–Kier alpha value is -2.17. The fraction of sp³-hybridized carbons (Fsp3) is 0.125. The molecule has 0 bridgehead atoms. The number of halogens is 4. The molecule has 0 saturated carbocycles. The molecule has 8 heteroatoms. The maximum absolute atomic E-state index is 13.0. The molecule has 1 rings (SSSR count). The molecule has 0 aliphatic rings. The lowest BCUT2D eigenvalue weighted by Crippen LogP contribution is -2.10. The van der Waals surface area contributed by atoms with Gasteiger partial charge in [0.15, 0.2) is 23.3 Å². The number of nitro groups is 1. The zero-order chi connectivity index (χ0) is 12.5. The first kappa shape index (κ1) is 11.9. The molecule has 0 saturated heterocycles. The molecule has 0 unspecified atom stereocenters. The number of hydrogen-bond donors (Lipinski definition) is 0. The Morgan fingerprint density at radius 1 is 1.12 bits per heavy atom. The monoisotopic (exact) mass is 234 g/mol. The Bertz CT molecular complexity index is 481. The summed E-state index contributed by atoms with van der Waals surface area (Å²) in [6.45, 7) is -1.41. The zero-order valence-electron chi connectivity index (χ0n) is 7.43. The van der Waals surface area contributed by atoms with E-state index in [0.717, 1.165) is 6.07 Å². The second-order valence-electron chi connectivity index (χ2n) is 2.71. The number of rotatable bonds is 2. The minimum absolute atomic E-state index is 0.926. The van der Waals surface area contributed by atoms with E-state index in [0.29, 0.717) is 0 Å². The van der Waals surface area contributed by atoms with Crippen LogP contribution < -0.4 is 0 Å². The molecule has 84 valence electrons. The van der Waals surface area contributed by atoms with E-state index in [2.05, 4.69) is 0 Å². The lowest BCUT2D eigenvalue weighted by molar-refractivity contribution is -0.497. The van der Waals surface area contributed by atoms with Crippen LogP contribution in [-0.2, 0) is 6.54 Å². The molecule has 0 radical (unpaired) electrons. The quantitative estimate of drug-likeness (QED) is 0.339. The first-order chi connectivity index (χ1) is 7.40. The van der Waals surface area contributed by atoms with Crippen LogP contribution in [0, 0.1) is 44.7 Å². The van der Waals surface area contributed by atoms with E-state index < -0.39 is 45.9 Å². The molecule has 16 heavy (non-hydrogen) atoms. The largest absolute Gasteiger partial charge is 0.264 e. The third-order valence-corrected chi connectivity index (χ3v) is 1.75. The highest BCUT2D eigenvalue weighted by atomic mass is 19.2. The molecule has 0 spiro atoms. The van der Waals surface area contributed by atoms with Gasteiger partial charge >= 0.3 is 0 Å². The second-order valence-corrected chi connectivity index (χ2v) is 2.71. The van der Waals surface area contributed by atoms with Crippen LogP contribution in [0.4, 0.5) is 17.6 Å². The average molecular weight is 234 g/mol. The highest BCUT2D eigenvalue weighted by Gasteiger charge is 2.27. The van der Waals surface area contributed by atoms with E-state index in [9.17, 15) is 27.7 Å². The highest BCUT2D eigenvalue weighted by molar-refractivity contribution is 5.37. The Kier molecular flexibility index (Phi) is 3.08. The van der Waals surface area contributed by atoms with E-state index >= 15 is 0 Å². The Morgan fingerprint density at radius 3 is 1.88 bits per heavy atom. The molecular formula is C8H2F4N2O2. The van der Waals surface area contributed by atoms with Crippen LogP contribution in [0.1, 0.15) is 11.1 Å². The van der Waals surface area contributed by atoms with Gasteiger partial charge in [0.25, 0.3) is 0 Å². The fourth-order valence-corrected chi connectivity index (χ4v) is 1.04. The Balaban J connectivity index is 3.55. The van der Waals surface area contributed by atoms with Crippen molar-refractivity contribution in [2.24, 2.45) is 0 Å². The lowest BCUT2D eigenvalue weighted by Gasteiger charge is -2.04. The highest BCUT2D eigenvalue weighted by Crippen LogP contribution is 2.23. The van der Waals surface area contributed by atoms with Gasteiger partial charge in [0.1, 0.15) is 11.6 Å². The van der Waals surface area contributed by atoms with Crippen molar-refractivity contribution in [1.82, 2.24) is 0 Å². The van der Waals surface area contributed by atoms with Gasteiger partial charge in [-0.2, -0.15) is 5.26 Å². The first-order valence-corrected chi connectivity index (χ1v) is 3.76. The van der Waals surface area contributed by atoms with Gasteiger partial charge < -0.3 is 0 Å². The smallest absolute Gasteiger partial charge is 0.234 e. The summed E-state index contributed by atoms with van der Waals surface area (Å²) >= 11 is 0. The van der Waals surface area contributed by atoms with Crippen molar-refractivity contribution in [1.29, 1.82) is 5.26 Å². The summed E-state index contributed by atoms with van der Waals surface area (Å²) in [6, 6.07) is 0.926. The van der Waals surface area contributed by atoms with E-state index in [1.807, 2.05) is 0 Å². The third kappa shape index (κ3) is 1.79. The summed E-state index contributed by atoms with van der Waals surface area (Å²) in [5, 5.41) is 18.2. The predicted molar refractivity (Wildman–Crippen MR) is 41.7 cm³/mol. The van der Waals surface area contributed by atoms with Gasteiger partial charge in [-0.15, -0.1) is 0 Å². The summed E-state index contributed by atoms with van der Waals surface area (Å²) in [7, 11) is 0. The van der Waals surface area contributed by atoms with Gasteiger partial charge in [-0.3, -0.25) is 10.1 Å². The van der Waals surface area contributed by atoms with Gasteiger partial charge in [-0.1, -0.05) is 0 Å². The summed E-state index contributed by atoms with van der Waals surface area (Å²) in [4.78, 5) is 8.87. The van der Waals surface area contributed by atoms with Crippen LogP contribution in [0.2, 0.25) is 0 Å². The normalized spacial score (nSPS) is 9.94. The van der Waals surface area contributed by atoms with Crippen molar-refractivity contribution in [3.63, 3.8) is 0 Å².